The highest BCUT2D eigenvalue weighted by atomic mass is 35.5. The van der Waals surface area contributed by atoms with E-state index in [0.717, 1.165) is 0 Å². The third-order valence-corrected chi connectivity index (χ3v) is 5.04. The first-order chi connectivity index (χ1) is 13.6. The van der Waals surface area contributed by atoms with Crippen molar-refractivity contribution in [3.63, 3.8) is 0 Å². The SMILES string of the molecule is O=C1C(=O)N(Cc2ccco2)C(c2ccccc2Cl)C1=C(O)c1ccccc1. The van der Waals surface area contributed by atoms with Crippen molar-refractivity contribution in [1.82, 2.24) is 4.90 Å². The van der Waals surface area contributed by atoms with Gasteiger partial charge in [-0.05, 0) is 23.8 Å². The normalized spacial score (nSPS) is 18.6. The highest BCUT2D eigenvalue weighted by Gasteiger charge is 2.46. The molecule has 1 aromatic heterocycles. The van der Waals surface area contributed by atoms with Crippen LogP contribution in [0.1, 0.15) is 22.9 Å². The predicted octanol–water partition coefficient (Wildman–Crippen LogP) is 4.55. The standard InChI is InChI=1S/C22H16ClNO4/c23-17-11-5-4-10-16(17)19-18(20(25)14-7-2-1-3-8-14)21(26)22(27)24(19)13-15-9-6-12-28-15/h1-12,19,25H,13H2. The first kappa shape index (κ1) is 18.1. The second kappa shape index (κ2) is 7.37. The second-order valence-electron chi connectivity index (χ2n) is 6.39. The predicted molar refractivity (Wildman–Crippen MR) is 104 cm³/mol. The summed E-state index contributed by atoms with van der Waals surface area (Å²) in [6.07, 6.45) is 1.50. The number of Topliss-reactive ketones (excluding diaryl/α,β-unsaturated/α-hetero) is 1. The average molecular weight is 394 g/mol. The Morgan fingerprint density at radius 3 is 2.39 bits per heavy atom. The Bertz CT molecular complexity index is 1060. The second-order valence-corrected chi connectivity index (χ2v) is 6.80. The van der Waals surface area contributed by atoms with Crippen molar-refractivity contribution in [2.24, 2.45) is 0 Å². The number of halogens is 1. The monoisotopic (exact) mass is 393 g/mol. The molecule has 2 heterocycles. The molecule has 1 saturated heterocycles. The third-order valence-electron chi connectivity index (χ3n) is 4.69. The Labute approximate surface area is 166 Å². The summed E-state index contributed by atoms with van der Waals surface area (Å²) in [7, 11) is 0. The van der Waals surface area contributed by atoms with E-state index in [0.29, 0.717) is 21.9 Å². The van der Waals surface area contributed by atoms with Gasteiger partial charge in [0.25, 0.3) is 11.7 Å². The van der Waals surface area contributed by atoms with Crippen LogP contribution in [0.5, 0.6) is 0 Å². The van der Waals surface area contributed by atoms with Crippen LogP contribution in [0.2, 0.25) is 5.02 Å². The molecule has 1 aliphatic heterocycles. The highest BCUT2D eigenvalue weighted by molar-refractivity contribution is 6.46. The molecule has 0 spiro atoms. The highest BCUT2D eigenvalue weighted by Crippen LogP contribution is 2.42. The van der Waals surface area contributed by atoms with Crippen LogP contribution in [0.3, 0.4) is 0 Å². The molecule has 0 aliphatic carbocycles. The molecule has 4 rings (SSSR count). The van der Waals surface area contributed by atoms with E-state index in [1.807, 2.05) is 0 Å². The van der Waals surface area contributed by atoms with Crippen LogP contribution in [0.25, 0.3) is 5.76 Å². The number of hydrogen-bond donors (Lipinski definition) is 1. The maximum atomic E-state index is 12.9. The van der Waals surface area contributed by atoms with Gasteiger partial charge < -0.3 is 14.4 Å². The van der Waals surface area contributed by atoms with E-state index < -0.39 is 17.7 Å². The molecule has 1 N–H and O–H groups in total. The number of hydrogen-bond acceptors (Lipinski definition) is 4. The van der Waals surface area contributed by atoms with E-state index in [1.54, 1.807) is 66.7 Å². The number of carbonyl (C=O) groups is 2. The summed E-state index contributed by atoms with van der Waals surface area (Å²) in [5.41, 5.74) is 1.03. The van der Waals surface area contributed by atoms with Crippen LogP contribution in [-0.4, -0.2) is 21.7 Å². The van der Waals surface area contributed by atoms with Crippen LogP contribution >= 0.6 is 11.6 Å². The molecule has 0 bridgehead atoms. The zero-order chi connectivity index (χ0) is 19.7. The topological polar surface area (TPSA) is 70.8 Å². The van der Waals surface area contributed by atoms with Gasteiger partial charge in [0.15, 0.2) is 0 Å². The van der Waals surface area contributed by atoms with Crippen LogP contribution in [0.4, 0.5) is 0 Å². The minimum absolute atomic E-state index is 0.0101. The first-order valence-electron chi connectivity index (χ1n) is 8.68. The van der Waals surface area contributed by atoms with E-state index >= 15 is 0 Å². The maximum Gasteiger partial charge on any atom is 0.296 e. The molecule has 1 unspecified atom stereocenters. The molecule has 6 heteroatoms. The fourth-order valence-corrected chi connectivity index (χ4v) is 3.62. The van der Waals surface area contributed by atoms with E-state index in [-0.39, 0.29) is 17.9 Å². The molecular formula is C22H16ClNO4. The fraction of sp³-hybridized carbons (Fsp3) is 0.0909. The number of rotatable bonds is 4. The number of carbonyl (C=O) groups excluding carboxylic acids is 2. The number of ketones is 1. The molecule has 3 aromatic rings. The van der Waals surface area contributed by atoms with Crippen LogP contribution in [-0.2, 0) is 16.1 Å². The lowest BCUT2D eigenvalue weighted by Crippen LogP contribution is -2.29. The summed E-state index contributed by atoms with van der Waals surface area (Å²) in [6.45, 7) is 0.0824. The Hall–Kier alpha value is -3.31. The van der Waals surface area contributed by atoms with E-state index in [1.165, 1.54) is 11.2 Å². The van der Waals surface area contributed by atoms with Crippen LogP contribution < -0.4 is 0 Å². The van der Waals surface area contributed by atoms with Gasteiger partial charge in [-0.15, -0.1) is 0 Å². The molecule has 28 heavy (non-hydrogen) atoms. The zero-order valence-corrected chi connectivity index (χ0v) is 15.5. The molecule has 1 amide bonds. The molecule has 1 fully saturated rings. The molecule has 0 saturated carbocycles. The molecule has 1 aliphatic rings. The minimum Gasteiger partial charge on any atom is -0.507 e. The lowest BCUT2D eigenvalue weighted by molar-refractivity contribution is -0.140. The number of amides is 1. The average Bonchev–Trinajstić information content (AvgIpc) is 3.31. The Morgan fingerprint density at radius 1 is 1.00 bits per heavy atom. The number of likely N-dealkylation sites (tertiary alicyclic amines) is 1. The van der Waals surface area contributed by atoms with Crippen molar-refractivity contribution in [2.75, 3.05) is 0 Å². The van der Waals surface area contributed by atoms with Crippen molar-refractivity contribution < 1.29 is 19.1 Å². The lowest BCUT2D eigenvalue weighted by Gasteiger charge is -2.25. The number of furan rings is 1. The van der Waals surface area contributed by atoms with Gasteiger partial charge in [0.2, 0.25) is 0 Å². The van der Waals surface area contributed by atoms with E-state index in [2.05, 4.69) is 0 Å². The molecule has 1 atom stereocenters. The first-order valence-corrected chi connectivity index (χ1v) is 9.06. The fourth-order valence-electron chi connectivity index (χ4n) is 3.39. The van der Waals surface area contributed by atoms with E-state index in [9.17, 15) is 14.7 Å². The van der Waals surface area contributed by atoms with Gasteiger partial charge >= 0.3 is 0 Å². The third kappa shape index (κ3) is 3.10. The van der Waals surface area contributed by atoms with Crippen LogP contribution in [0.15, 0.2) is 83.0 Å². The van der Waals surface area contributed by atoms with Gasteiger partial charge in [-0.1, -0.05) is 60.1 Å². The van der Waals surface area contributed by atoms with Gasteiger partial charge in [-0.25, -0.2) is 0 Å². The Kier molecular flexibility index (Phi) is 4.75. The van der Waals surface area contributed by atoms with Gasteiger partial charge in [-0.2, -0.15) is 0 Å². The van der Waals surface area contributed by atoms with E-state index in [4.69, 9.17) is 16.0 Å². The summed E-state index contributed by atoms with van der Waals surface area (Å²) >= 11 is 6.39. The number of aliphatic hydroxyl groups excluding tert-OH is 1. The van der Waals surface area contributed by atoms with Crippen molar-refractivity contribution in [3.8, 4) is 0 Å². The summed E-state index contributed by atoms with van der Waals surface area (Å²) in [5, 5.41) is 11.3. The summed E-state index contributed by atoms with van der Waals surface area (Å²) < 4.78 is 5.36. The zero-order valence-electron chi connectivity index (χ0n) is 14.7. The van der Waals surface area contributed by atoms with Crippen molar-refractivity contribution >= 4 is 29.1 Å². The molecule has 0 radical (unpaired) electrons. The lowest BCUT2D eigenvalue weighted by atomic mass is 9.95. The van der Waals surface area contributed by atoms with Crippen molar-refractivity contribution in [2.45, 2.75) is 12.6 Å². The molecular weight excluding hydrogens is 378 g/mol. The van der Waals surface area contributed by atoms with Gasteiger partial charge in [0, 0.05) is 10.6 Å². The quantitative estimate of drug-likeness (QED) is 0.401. The van der Waals surface area contributed by atoms with Gasteiger partial charge in [-0.3, -0.25) is 9.59 Å². The van der Waals surface area contributed by atoms with Gasteiger partial charge in [0.05, 0.1) is 24.4 Å². The van der Waals surface area contributed by atoms with Crippen LogP contribution in [0, 0.1) is 0 Å². The molecule has 140 valence electrons. The summed E-state index contributed by atoms with van der Waals surface area (Å²) in [4.78, 5) is 27.1. The molecule has 2 aromatic carbocycles. The Balaban J connectivity index is 1.90. The minimum atomic E-state index is -0.820. The van der Waals surface area contributed by atoms with Gasteiger partial charge in [0.1, 0.15) is 11.5 Å². The summed E-state index contributed by atoms with van der Waals surface area (Å²) in [6, 6.07) is 18.2. The number of benzene rings is 2. The van der Waals surface area contributed by atoms with Crippen molar-refractivity contribution in [3.05, 3.63) is 100 Å². The smallest absolute Gasteiger partial charge is 0.296 e. The largest absolute Gasteiger partial charge is 0.507 e. The summed E-state index contributed by atoms with van der Waals surface area (Å²) in [5.74, 6) is -1.17. The Morgan fingerprint density at radius 2 is 1.71 bits per heavy atom. The van der Waals surface area contributed by atoms with Crippen molar-refractivity contribution in [1.29, 1.82) is 0 Å². The molecule has 5 nitrogen and oxygen atoms in total. The number of nitrogens with zero attached hydrogens (tertiary/aromatic N) is 1. The maximum absolute atomic E-state index is 12.9. The number of aliphatic hydroxyl groups is 1.